The number of phenolic OH excluding ortho intramolecular Hbond substituents is 1. The Bertz CT molecular complexity index is 674. The zero-order valence-electron chi connectivity index (χ0n) is 16.8. The van der Waals surface area contributed by atoms with E-state index in [2.05, 4.69) is 32.2 Å². The van der Waals surface area contributed by atoms with Crippen molar-refractivity contribution < 1.29 is 9.84 Å². The molecule has 2 N–H and O–H groups in total. The highest BCUT2D eigenvalue weighted by atomic mass is 16.5. The van der Waals surface area contributed by atoms with Crippen LogP contribution < -0.4 is 5.32 Å². The van der Waals surface area contributed by atoms with Gasteiger partial charge in [0, 0.05) is 13.7 Å². The number of hydrogen-bond donors (Lipinski definition) is 2. The third-order valence-electron chi connectivity index (χ3n) is 8.64. The van der Waals surface area contributed by atoms with Crippen molar-refractivity contribution >= 4 is 0 Å². The number of rotatable bonds is 4. The van der Waals surface area contributed by atoms with Gasteiger partial charge in [0.1, 0.15) is 5.75 Å². The van der Waals surface area contributed by atoms with E-state index in [0.717, 1.165) is 24.3 Å². The maximum atomic E-state index is 10.1. The minimum Gasteiger partial charge on any atom is -0.508 e. The van der Waals surface area contributed by atoms with E-state index < -0.39 is 0 Å². The largest absolute Gasteiger partial charge is 0.508 e. The highest BCUT2D eigenvalue weighted by Crippen LogP contribution is 2.66. The summed E-state index contributed by atoms with van der Waals surface area (Å²) in [7, 11) is 1.73. The Kier molecular flexibility index (Phi) is 4.60. The molecule has 0 saturated heterocycles. The summed E-state index contributed by atoms with van der Waals surface area (Å²) in [5, 5.41) is 13.6. The van der Waals surface area contributed by atoms with Crippen molar-refractivity contribution in [3.05, 3.63) is 29.3 Å². The normalized spacial score (nSPS) is 41.4. The molecule has 0 radical (unpaired) electrons. The Morgan fingerprint density at radius 1 is 1.19 bits per heavy atom. The lowest BCUT2D eigenvalue weighted by Gasteiger charge is -2.57. The van der Waals surface area contributed by atoms with Gasteiger partial charge in [0.05, 0.1) is 6.73 Å². The van der Waals surface area contributed by atoms with Crippen LogP contribution in [0, 0.1) is 23.2 Å². The van der Waals surface area contributed by atoms with Crippen LogP contribution in [0.3, 0.4) is 0 Å². The van der Waals surface area contributed by atoms with Gasteiger partial charge in [0.15, 0.2) is 0 Å². The van der Waals surface area contributed by atoms with Crippen LogP contribution in [0.15, 0.2) is 18.2 Å². The number of benzene rings is 1. The van der Waals surface area contributed by atoms with Gasteiger partial charge in [0.2, 0.25) is 0 Å². The molecule has 0 heterocycles. The first-order chi connectivity index (χ1) is 12.4. The summed E-state index contributed by atoms with van der Waals surface area (Å²) in [6, 6.07) is 6.15. The van der Waals surface area contributed by atoms with Crippen molar-refractivity contribution in [3.8, 4) is 5.75 Å². The van der Waals surface area contributed by atoms with E-state index in [0.29, 0.717) is 23.8 Å². The highest BCUT2D eigenvalue weighted by Gasteiger charge is 2.58. The summed E-state index contributed by atoms with van der Waals surface area (Å²) in [5.41, 5.74) is 3.64. The molecule has 3 heteroatoms. The molecule has 4 rings (SSSR count). The minimum absolute atomic E-state index is 0.259. The standard InChI is InChI=1S/C23H35NO2/c1-15-5-7-20-21-11-16(13-24-14-26-4)18-12-17(25)6-8-19(18)23(21,3)10-9-22(15,20)2/h6,8,12,15-16,20-21,24-25H,5,7,9-11,13-14H2,1-4H3/t15?,16-,20?,21?,22?,23-/m1/s1. The summed E-state index contributed by atoms with van der Waals surface area (Å²) in [6.45, 7) is 9.07. The van der Waals surface area contributed by atoms with Gasteiger partial charge >= 0.3 is 0 Å². The van der Waals surface area contributed by atoms with Gasteiger partial charge in [-0.05, 0) is 89.9 Å². The van der Waals surface area contributed by atoms with Crippen LogP contribution in [0.5, 0.6) is 5.75 Å². The maximum absolute atomic E-state index is 10.1. The molecule has 0 aliphatic heterocycles. The molecule has 0 spiro atoms. The van der Waals surface area contributed by atoms with Gasteiger partial charge in [-0.15, -0.1) is 0 Å². The molecule has 0 amide bonds. The van der Waals surface area contributed by atoms with Crippen LogP contribution in [-0.2, 0) is 10.2 Å². The topological polar surface area (TPSA) is 41.5 Å². The highest BCUT2D eigenvalue weighted by molar-refractivity contribution is 5.45. The van der Waals surface area contributed by atoms with E-state index >= 15 is 0 Å². The summed E-state index contributed by atoms with van der Waals surface area (Å²) in [5.74, 6) is 3.30. The molecular formula is C23H35NO2. The van der Waals surface area contributed by atoms with Crippen molar-refractivity contribution in [2.75, 3.05) is 20.4 Å². The third kappa shape index (κ3) is 2.62. The van der Waals surface area contributed by atoms with Crippen LogP contribution in [0.25, 0.3) is 0 Å². The smallest absolute Gasteiger partial charge is 0.115 e. The second-order valence-electron chi connectivity index (χ2n) is 9.71. The molecule has 3 aliphatic carbocycles. The zero-order chi connectivity index (χ0) is 18.5. The molecular weight excluding hydrogens is 322 g/mol. The molecule has 1 aromatic rings. The quantitative estimate of drug-likeness (QED) is 0.601. The van der Waals surface area contributed by atoms with Gasteiger partial charge in [-0.3, -0.25) is 5.32 Å². The molecule has 0 bridgehead atoms. The predicted octanol–water partition coefficient (Wildman–Crippen LogP) is 4.79. The fourth-order valence-corrected chi connectivity index (χ4v) is 6.83. The third-order valence-corrected chi connectivity index (χ3v) is 8.64. The monoisotopic (exact) mass is 357 g/mol. The van der Waals surface area contributed by atoms with Crippen molar-refractivity contribution in [2.45, 2.75) is 64.2 Å². The molecule has 0 aromatic heterocycles. The molecule has 26 heavy (non-hydrogen) atoms. The number of fused-ring (bicyclic) bond motifs is 5. The minimum atomic E-state index is 0.259. The van der Waals surface area contributed by atoms with E-state index in [4.69, 9.17) is 4.74 Å². The molecule has 3 nitrogen and oxygen atoms in total. The number of methoxy groups -OCH3 is 1. The molecule has 4 unspecified atom stereocenters. The lowest BCUT2D eigenvalue weighted by molar-refractivity contribution is -0.0109. The lowest BCUT2D eigenvalue weighted by Crippen LogP contribution is -2.51. The Labute approximate surface area is 158 Å². The molecule has 2 fully saturated rings. The van der Waals surface area contributed by atoms with Crippen molar-refractivity contribution in [1.82, 2.24) is 5.32 Å². The van der Waals surface area contributed by atoms with E-state index in [1.54, 1.807) is 7.11 Å². The Morgan fingerprint density at radius 2 is 2.00 bits per heavy atom. The summed E-state index contributed by atoms with van der Waals surface area (Å²) in [6.07, 6.45) is 6.65. The first kappa shape index (κ1) is 18.3. The summed E-state index contributed by atoms with van der Waals surface area (Å²) in [4.78, 5) is 0. The van der Waals surface area contributed by atoms with E-state index in [1.165, 1.54) is 43.2 Å². The van der Waals surface area contributed by atoms with Crippen LogP contribution in [0.4, 0.5) is 0 Å². The van der Waals surface area contributed by atoms with Crippen LogP contribution in [-0.4, -0.2) is 25.5 Å². The average Bonchev–Trinajstić information content (AvgIpc) is 2.91. The number of ether oxygens (including phenoxy) is 1. The van der Waals surface area contributed by atoms with Gasteiger partial charge < -0.3 is 9.84 Å². The maximum Gasteiger partial charge on any atom is 0.115 e. The Balaban J connectivity index is 1.73. The predicted molar refractivity (Wildman–Crippen MR) is 105 cm³/mol. The lowest BCUT2D eigenvalue weighted by atomic mass is 9.47. The molecule has 1 aromatic carbocycles. The molecule has 3 aliphatic rings. The van der Waals surface area contributed by atoms with Crippen LogP contribution in [0.2, 0.25) is 0 Å². The van der Waals surface area contributed by atoms with Crippen molar-refractivity contribution in [2.24, 2.45) is 23.2 Å². The SMILES string of the molecule is COCNC[C@H]1CC2C3CCC(C)C3(C)CC[C@]2(C)c2ccc(O)cc21. The zero-order valence-corrected chi connectivity index (χ0v) is 16.8. The van der Waals surface area contributed by atoms with E-state index in [9.17, 15) is 5.11 Å². The van der Waals surface area contributed by atoms with Gasteiger partial charge in [-0.25, -0.2) is 0 Å². The summed E-state index contributed by atoms with van der Waals surface area (Å²) >= 11 is 0. The number of phenols is 1. The summed E-state index contributed by atoms with van der Waals surface area (Å²) < 4.78 is 5.21. The number of hydrogen-bond acceptors (Lipinski definition) is 3. The Morgan fingerprint density at radius 3 is 2.77 bits per heavy atom. The van der Waals surface area contributed by atoms with E-state index in [-0.39, 0.29) is 5.41 Å². The van der Waals surface area contributed by atoms with Crippen molar-refractivity contribution in [1.29, 1.82) is 0 Å². The van der Waals surface area contributed by atoms with Gasteiger partial charge in [0.25, 0.3) is 0 Å². The first-order valence-corrected chi connectivity index (χ1v) is 10.4. The Hall–Kier alpha value is -1.06. The average molecular weight is 358 g/mol. The number of aromatic hydroxyl groups is 1. The molecule has 2 saturated carbocycles. The second-order valence-corrected chi connectivity index (χ2v) is 9.71. The van der Waals surface area contributed by atoms with Gasteiger partial charge in [-0.1, -0.05) is 26.8 Å². The second kappa shape index (κ2) is 6.53. The van der Waals surface area contributed by atoms with Crippen LogP contribution >= 0.6 is 0 Å². The fourth-order valence-electron chi connectivity index (χ4n) is 6.83. The van der Waals surface area contributed by atoms with Crippen molar-refractivity contribution in [3.63, 3.8) is 0 Å². The fraction of sp³-hybridized carbons (Fsp3) is 0.739. The first-order valence-electron chi connectivity index (χ1n) is 10.4. The van der Waals surface area contributed by atoms with E-state index in [1.807, 2.05) is 12.1 Å². The molecule has 6 atom stereocenters. The molecule has 144 valence electrons. The number of nitrogens with one attached hydrogen (secondary N) is 1. The van der Waals surface area contributed by atoms with Gasteiger partial charge in [-0.2, -0.15) is 0 Å². The van der Waals surface area contributed by atoms with Crippen LogP contribution in [0.1, 0.15) is 69.9 Å².